The second-order valence-electron chi connectivity index (χ2n) is 3.25. The molecule has 0 radical (unpaired) electrons. The van der Waals surface area contributed by atoms with Crippen LogP contribution in [-0.4, -0.2) is 20.8 Å². The van der Waals surface area contributed by atoms with Crippen LogP contribution in [0.3, 0.4) is 0 Å². The molecule has 0 aliphatic rings. The maximum atomic E-state index is 12.6. The average molecular weight is 263 g/mol. The number of oxazole rings is 1. The Morgan fingerprint density at radius 2 is 2.12 bits per heavy atom. The average Bonchev–Trinajstić information content (AvgIpc) is 2.81. The highest BCUT2D eigenvalue weighted by Crippen LogP contribution is 2.37. The Hall–Kier alpha value is -1.44. The van der Waals surface area contributed by atoms with Gasteiger partial charge in [-0.1, -0.05) is 11.8 Å². The van der Waals surface area contributed by atoms with Gasteiger partial charge in [-0.2, -0.15) is 13.2 Å². The molecule has 0 aliphatic carbocycles. The number of hydrogen-bond acceptors (Lipinski definition) is 4. The third-order valence-corrected chi connectivity index (χ3v) is 2.73. The summed E-state index contributed by atoms with van der Waals surface area (Å²) in [4.78, 5) is 7.28. The van der Waals surface area contributed by atoms with Crippen LogP contribution in [0.5, 0.6) is 0 Å². The molecule has 0 atom stereocenters. The standard InChI is InChI=1S/C9H8F3N3OS/c1-15-4-13-3-5(15)7-14-6(9(10,11)12)8(16-7)17-2/h3-4H,1-2H3. The van der Waals surface area contributed by atoms with E-state index in [4.69, 9.17) is 4.42 Å². The summed E-state index contributed by atoms with van der Waals surface area (Å²) in [6.45, 7) is 0. The highest BCUT2D eigenvalue weighted by atomic mass is 32.2. The van der Waals surface area contributed by atoms with Crippen molar-refractivity contribution in [2.75, 3.05) is 6.26 Å². The van der Waals surface area contributed by atoms with Crippen LogP contribution in [0.1, 0.15) is 5.69 Å². The minimum Gasteiger partial charge on any atom is -0.428 e. The number of thioether (sulfide) groups is 1. The Morgan fingerprint density at radius 1 is 1.41 bits per heavy atom. The van der Waals surface area contributed by atoms with Gasteiger partial charge >= 0.3 is 6.18 Å². The summed E-state index contributed by atoms with van der Waals surface area (Å²) in [7, 11) is 1.65. The first kappa shape index (κ1) is 12.0. The lowest BCUT2D eigenvalue weighted by atomic mass is 10.4. The molecule has 0 bridgehead atoms. The van der Waals surface area contributed by atoms with Crippen LogP contribution in [0.15, 0.2) is 22.0 Å². The summed E-state index contributed by atoms with van der Waals surface area (Å²) in [5, 5.41) is -0.242. The van der Waals surface area contributed by atoms with Crippen molar-refractivity contribution < 1.29 is 17.6 Å². The van der Waals surface area contributed by atoms with E-state index >= 15 is 0 Å². The van der Waals surface area contributed by atoms with Crippen LogP contribution in [0.2, 0.25) is 0 Å². The van der Waals surface area contributed by atoms with Crippen LogP contribution in [-0.2, 0) is 13.2 Å². The molecule has 2 aromatic rings. The smallest absolute Gasteiger partial charge is 0.428 e. The molecule has 8 heteroatoms. The van der Waals surface area contributed by atoms with Crippen molar-refractivity contribution in [3.05, 3.63) is 18.2 Å². The van der Waals surface area contributed by atoms with Crippen molar-refractivity contribution in [2.45, 2.75) is 11.3 Å². The molecular weight excluding hydrogens is 255 g/mol. The number of rotatable bonds is 2. The third kappa shape index (κ3) is 2.17. The Morgan fingerprint density at radius 3 is 2.53 bits per heavy atom. The van der Waals surface area contributed by atoms with E-state index in [0.29, 0.717) is 5.69 Å². The monoisotopic (exact) mass is 263 g/mol. The van der Waals surface area contributed by atoms with E-state index in [9.17, 15) is 13.2 Å². The summed E-state index contributed by atoms with van der Waals surface area (Å²) >= 11 is 0.867. The normalized spacial score (nSPS) is 12.1. The summed E-state index contributed by atoms with van der Waals surface area (Å²) in [6.07, 6.45) is -0.150. The van der Waals surface area contributed by atoms with Crippen molar-refractivity contribution in [1.82, 2.24) is 14.5 Å². The minimum atomic E-state index is -4.52. The van der Waals surface area contributed by atoms with E-state index in [1.54, 1.807) is 7.05 Å². The van der Waals surface area contributed by atoms with Crippen molar-refractivity contribution in [3.8, 4) is 11.6 Å². The number of nitrogens with zero attached hydrogens (tertiary/aromatic N) is 3. The summed E-state index contributed by atoms with van der Waals surface area (Å²) in [6, 6.07) is 0. The fourth-order valence-corrected chi connectivity index (χ4v) is 1.81. The van der Waals surface area contributed by atoms with E-state index in [0.717, 1.165) is 11.8 Å². The third-order valence-electron chi connectivity index (χ3n) is 2.09. The van der Waals surface area contributed by atoms with Gasteiger partial charge in [0, 0.05) is 7.05 Å². The summed E-state index contributed by atoms with van der Waals surface area (Å²) in [5.74, 6) is -0.0818. The molecule has 92 valence electrons. The van der Waals surface area contributed by atoms with E-state index in [-0.39, 0.29) is 11.0 Å². The summed E-state index contributed by atoms with van der Waals surface area (Å²) in [5.41, 5.74) is -0.600. The topological polar surface area (TPSA) is 43.9 Å². The van der Waals surface area contributed by atoms with Gasteiger partial charge in [0.1, 0.15) is 5.69 Å². The molecule has 0 N–H and O–H groups in total. The predicted octanol–water partition coefficient (Wildman–Crippen LogP) is 2.82. The molecule has 2 heterocycles. The fraction of sp³-hybridized carbons (Fsp3) is 0.333. The zero-order valence-corrected chi connectivity index (χ0v) is 9.76. The van der Waals surface area contributed by atoms with Gasteiger partial charge in [-0.3, -0.25) is 0 Å². The number of alkyl halides is 3. The van der Waals surface area contributed by atoms with Crippen molar-refractivity contribution in [1.29, 1.82) is 0 Å². The molecule has 0 fully saturated rings. The molecule has 4 nitrogen and oxygen atoms in total. The van der Waals surface area contributed by atoms with Crippen LogP contribution < -0.4 is 0 Å². The molecule has 2 rings (SSSR count). The van der Waals surface area contributed by atoms with E-state index in [1.165, 1.54) is 23.3 Å². The van der Waals surface area contributed by atoms with E-state index < -0.39 is 11.9 Å². The molecule has 2 aromatic heterocycles. The zero-order chi connectivity index (χ0) is 12.6. The van der Waals surface area contributed by atoms with Crippen molar-refractivity contribution >= 4 is 11.8 Å². The highest BCUT2D eigenvalue weighted by molar-refractivity contribution is 7.98. The van der Waals surface area contributed by atoms with Crippen molar-refractivity contribution in [2.24, 2.45) is 7.05 Å². The first-order valence-corrected chi connectivity index (χ1v) is 5.74. The van der Waals surface area contributed by atoms with Gasteiger partial charge in [-0.25, -0.2) is 9.97 Å². The molecule has 0 unspecified atom stereocenters. The van der Waals surface area contributed by atoms with E-state index in [2.05, 4.69) is 9.97 Å². The highest BCUT2D eigenvalue weighted by Gasteiger charge is 2.39. The van der Waals surface area contributed by atoms with Crippen LogP contribution in [0.4, 0.5) is 13.2 Å². The fourth-order valence-electron chi connectivity index (χ4n) is 1.30. The van der Waals surface area contributed by atoms with Crippen LogP contribution in [0.25, 0.3) is 11.6 Å². The summed E-state index contributed by atoms with van der Waals surface area (Å²) < 4.78 is 44.5. The molecule has 0 amide bonds. The number of aromatic nitrogens is 3. The number of aryl methyl sites for hydroxylation is 1. The quantitative estimate of drug-likeness (QED) is 0.781. The first-order valence-electron chi connectivity index (χ1n) is 4.52. The molecule has 0 aliphatic heterocycles. The SMILES string of the molecule is CSc1oc(-c2cncn2C)nc1C(F)(F)F. The largest absolute Gasteiger partial charge is 0.437 e. The Kier molecular flexibility index (Phi) is 2.90. The molecule has 17 heavy (non-hydrogen) atoms. The van der Waals surface area contributed by atoms with Gasteiger partial charge in [-0.05, 0) is 6.26 Å². The van der Waals surface area contributed by atoms with Gasteiger partial charge < -0.3 is 8.98 Å². The van der Waals surface area contributed by atoms with Crippen molar-refractivity contribution in [3.63, 3.8) is 0 Å². The Bertz CT molecular complexity index is 532. The second kappa shape index (κ2) is 4.10. The zero-order valence-electron chi connectivity index (χ0n) is 8.95. The van der Waals surface area contributed by atoms with Gasteiger partial charge in [0.15, 0.2) is 10.8 Å². The van der Waals surface area contributed by atoms with Crippen LogP contribution in [0, 0.1) is 0 Å². The number of imidazole rings is 1. The van der Waals surface area contributed by atoms with Gasteiger partial charge in [0.05, 0.1) is 12.5 Å². The lowest BCUT2D eigenvalue weighted by Gasteiger charge is -2.01. The maximum Gasteiger partial charge on any atom is 0.437 e. The number of hydrogen-bond donors (Lipinski definition) is 0. The Labute approximate surface area is 98.9 Å². The van der Waals surface area contributed by atoms with Gasteiger partial charge in [0.25, 0.3) is 0 Å². The van der Waals surface area contributed by atoms with Gasteiger partial charge in [0.2, 0.25) is 5.89 Å². The molecular formula is C9H8F3N3OS. The molecule has 0 spiro atoms. The minimum absolute atomic E-state index is 0.0818. The molecule has 0 saturated carbocycles. The molecule has 0 aromatic carbocycles. The Balaban J connectivity index is 2.52. The predicted molar refractivity (Wildman–Crippen MR) is 55.5 cm³/mol. The van der Waals surface area contributed by atoms with Gasteiger partial charge in [-0.15, -0.1) is 0 Å². The van der Waals surface area contributed by atoms with E-state index in [1.807, 2.05) is 0 Å². The molecule has 0 saturated heterocycles. The maximum absolute atomic E-state index is 12.6. The lowest BCUT2D eigenvalue weighted by Crippen LogP contribution is -2.06. The van der Waals surface area contributed by atoms with Crippen LogP contribution >= 0.6 is 11.8 Å². The first-order chi connectivity index (χ1) is 7.93. The lowest BCUT2D eigenvalue weighted by molar-refractivity contribution is -0.143. The second-order valence-corrected chi connectivity index (χ2v) is 4.03. The number of halogens is 3.